The molecule has 0 spiro atoms. The average Bonchev–Trinajstić information content (AvgIpc) is 3.28. The Morgan fingerprint density at radius 2 is 1.80 bits per heavy atom. The van der Waals surface area contributed by atoms with Gasteiger partial charge in [0.2, 0.25) is 0 Å². The first-order chi connectivity index (χ1) is 16.8. The molecular formula is C29H26N2O3S. The van der Waals surface area contributed by atoms with Crippen molar-refractivity contribution in [2.24, 2.45) is 0 Å². The molecule has 0 unspecified atom stereocenters. The molecule has 0 saturated heterocycles. The summed E-state index contributed by atoms with van der Waals surface area (Å²) in [5, 5.41) is 7.47. The second-order valence-electron chi connectivity index (χ2n) is 9.31. The molecule has 3 aromatic carbocycles. The van der Waals surface area contributed by atoms with Gasteiger partial charge in [0.25, 0.3) is 5.91 Å². The van der Waals surface area contributed by atoms with Crippen molar-refractivity contribution >= 4 is 44.5 Å². The number of methoxy groups -OCH3 is 1. The number of amides is 1. The molecule has 0 fully saturated rings. The molecular weight excluding hydrogens is 456 g/mol. The summed E-state index contributed by atoms with van der Waals surface area (Å²) in [7, 11) is 1.64. The van der Waals surface area contributed by atoms with Crippen molar-refractivity contribution in [3.63, 3.8) is 0 Å². The van der Waals surface area contributed by atoms with Crippen LogP contribution in [0, 0.1) is 0 Å². The summed E-state index contributed by atoms with van der Waals surface area (Å²) < 4.78 is 6.46. The molecule has 0 radical (unpaired) electrons. The Hall–Kier alpha value is -3.90. The highest BCUT2D eigenvalue weighted by atomic mass is 32.1. The van der Waals surface area contributed by atoms with E-state index >= 15 is 0 Å². The van der Waals surface area contributed by atoms with Crippen LogP contribution in [-0.2, 0) is 6.42 Å². The number of ketones is 1. The number of carbonyl (C=O) groups is 2. The third-order valence-electron chi connectivity index (χ3n) is 6.06. The fraction of sp³-hybridized carbons (Fsp3) is 0.172. The fourth-order valence-corrected chi connectivity index (χ4v) is 5.33. The number of rotatable bonds is 5. The third kappa shape index (κ3) is 4.84. The van der Waals surface area contributed by atoms with Crippen molar-refractivity contribution in [3.05, 3.63) is 100 Å². The van der Waals surface area contributed by atoms with Crippen molar-refractivity contribution in [2.45, 2.75) is 25.8 Å². The van der Waals surface area contributed by atoms with Crippen LogP contribution in [-0.4, -0.2) is 24.3 Å². The zero-order chi connectivity index (χ0) is 24.6. The number of hydrogen-bond donors (Lipinski definition) is 2. The first kappa shape index (κ1) is 22.9. The summed E-state index contributed by atoms with van der Waals surface area (Å²) in [5.74, 6) is 0.482. The molecule has 6 heteroatoms. The molecule has 5 rings (SSSR count). The van der Waals surface area contributed by atoms with E-state index < -0.39 is 0 Å². The number of anilines is 1. The zero-order valence-electron chi connectivity index (χ0n) is 19.8. The van der Waals surface area contributed by atoms with Crippen LogP contribution >= 0.6 is 11.3 Å². The minimum atomic E-state index is -0.172. The molecule has 0 aliphatic carbocycles. The minimum absolute atomic E-state index is 0.110. The van der Waals surface area contributed by atoms with Crippen molar-refractivity contribution in [3.8, 4) is 5.75 Å². The highest BCUT2D eigenvalue weighted by molar-refractivity contribution is 7.20. The monoisotopic (exact) mass is 482 g/mol. The fourth-order valence-electron chi connectivity index (χ4n) is 4.37. The van der Waals surface area contributed by atoms with Crippen LogP contribution in [0.15, 0.2) is 78.9 Å². The van der Waals surface area contributed by atoms with Crippen LogP contribution in [0.2, 0.25) is 0 Å². The second kappa shape index (κ2) is 9.04. The Bertz CT molecular complexity index is 1430. The number of fused-ring (bicyclic) bond motifs is 2. The second-order valence-corrected chi connectivity index (χ2v) is 10.4. The van der Waals surface area contributed by atoms with Gasteiger partial charge in [-0.15, -0.1) is 11.3 Å². The summed E-state index contributed by atoms with van der Waals surface area (Å²) in [6, 6.07) is 22.8. The maximum atomic E-state index is 13.1. The first-order valence-corrected chi connectivity index (χ1v) is 12.2. The topological polar surface area (TPSA) is 67.4 Å². The lowest BCUT2D eigenvalue weighted by Gasteiger charge is -2.35. The van der Waals surface area contributed by atoms with E-state index in [1.165, 1.54) is 16.9 Å². The normalized spacial score (nSPS) is 15.3. The number of hydrogen-bond acceptors (Lipinski definition) is 5. The summed E-state index contributed by atoms with van der Waals surface area (Å²) in [4.78, 5) is 26.5. The van der Waals surface area contributed by atoms with E-state index in [0.717, 1.165) is 33.5 Å². The summed E-state index contributed by atoms with van der Waals surface area (Å²) in [5.41, 5.74) is 3.95. The quantitative estimate of drug-likeness (QED) is 0.258. The van der Waals surface area contributed by atoms with Crippen LogP contribution in [0.5, 0.6) is 5.75 Å². The molecule has 1 amide bonds. The number of benzene rings is 3. The van der Waals surface area contributed by atoms with Gasteiger partial charge in [-0.05, 0) is 79.7 Å². The molecule has 1 aromatic heterocycles. The Kier molecular flexibility index (Phi) is 5.91. The van der Waals surface area contributed by atoms with Gasteiger partial charge in [0.15, 0.2) is 5.78 Å². The lowest BCUT2D eigenvalue weighted by atomic mass is 9.85. The first-order valence-electron chi connectivity index (χ1n) is 11.4. The van der Waals surface area contributed by atoms with E-state index in [4.69, 9.17) is 4.74 Å². The van der Waals surface area contributed by atoms with Gasteiger partial charge in [-0.2, -0.15) is 0 Å². The molecule has 0 saturated carbocycles. The third-order valence-corrected chi connectivity index (χ3v) is 7.18. The highest BCUT2D eigenvalue weighted by Gasteiger charge is 2.28. The molecule has 5 nitrogen and oxygen atoms in total. The van der Waals surface area contributed by atoms with Crippen molar-refractivity contribution in [2.75, 3.05) is 12.4 Å². The summed E-state index contributed by atoms with van der Waals surface area (Å²) in [6.07, 6.45) is 2.50. The van der Waals surface area contributed by atoms with Gasteiger partial charge >= 0.3 is 0 Å². The van der Waals surface area contributed by atoms with Crippen molar-refractivity contribution < 1.29 is 14.3 Å². The van der Waals surface area contributed by atoms with E-state index in [2.05, 4.69) is 30.5 Å². The standard InChI is InChI=1S/C29H26N2O3S/c1-29(2)17-20-10-13-22(34-3)15-23(20)24(31-29)16-25(32)18-8-11-21(12-9-18)30-28(33)27-14-19-6-4-5-7-26(19)35-27/h4-16,31H,17H2,1-3H3,(H,30,33)/b24-16-. The van der Waals surface area contributed by atoms with E-state index in [1.807, 2.05) is 42.5 Å². The van der Waals surface area contributed by atoms with Crippen LogP contribution in [0.3, 0.4) is 0 Å². The summed E-state index contributed by atoms with van der Waals surface area (Å²) in [6.45, 7) is 4.24. The molecule has 2 heterocycles. The molecule has 0 bridgehead atoms. The number of allylic oxidation sites excluding steroid dienone is 1. The molecule has 1 aliphatic rings. The lowest BCUT2D eigenvalue weighted by molar-refractivity contribution is 0.102. The van der Waals surface area contributed by atoms with Gasteiger partial charge in [-0.1, -0.05) is 24.3 Å². The van der Waals surface area contributed by atoms with Gasteiger partial charge in [0.05, 0.1) is 12.0 Å². The Labute approximate surface area is 208 Å². The van der Waals surface area contributed by atoms with Crippen LogP contribution < -0.4 is 15.4 Å². The molecule has 176 valence electrons. The van der Waals surface area contributed by atoms with E-state index in [-0.39, 0.29) is 17.2 Å². The Morgan fingerprint density at radius 3 is 2.54 bits per heavy atom. The van der Waals surface area contributed by atoms with Gasteiger partial charge in [-0.3, -0.25) is 9.59 Å². The number of carbonyl (C=O) groups excluding carboxylic acids is 2. The van der Waals surface area contributed by atoms with Gasteiger partial charge in [0.1, 0.15) is 5.75 Å². The van der Waals surface area contributed by atoms with Crippen molar-refractivity contribution in [1.29, 1.82) is 0 Å². The minimum Gasteiger partial charge on any atom is -0.497 e. The molecule has 35 heavy (non-hydrogen) atoms. The SMILES string of the molecule is COc1ccc2c(c1)/C(=C/C(=O)c1ccc(NC(=O)c3cc4ccccc4s3)cc1)NC(C)(C)C2. The van der Waals surface area contributed by atoms with Gasteiger partial charge < -0.3 is 15.4 Å². The number of nitrogens with one attached hydrogen (secondary N) is 2. The van der Waals surface area contributed by atoms with Crippen LogP contribution in [0.4, 0.5) is 5.69 Å². The average molecular weight is 483 g/mol. The highest BCUT2D eigenvalue weighted by Crippen LogP contribution is 2.32. The Morgan fingerprint density at radius 1 is 1.03 bits per heavy atom. The summed E-state index contributed by atoms with van der Waals surface area (Å²) >= 11 is 1.46. The molecule has 1 aliphatic heterocycles. The Balaban J connectivity index is 1.35. The maximum absolute atomic E-state index is 13.1. The number of ether oxygens (including phenoxy) is 1. The van der Waals surface area contributed by atoms with Crippen LogP contribution in [0.25, 0.3) is 15.8 Å². The van der Waals surface area contributed by atoms with Gasteiger partial charge in [0, 0.05) is 38.8 Å². The van der Waals surface area contributed by atoms with Crippen LogP contribution in [0.1, 0.15) is 45.0 Å². The van der Waals surface area contributed by atoms with Crippen molar-refractivity contribution in [1.82, 2.24) is 5.32 Å². The molecule has 0 atom stereocenters. The predicted octanol–water partition coefficient (Wildman–Crippen LogP) is 6.31. The van der Waals surface area contributed by atoms with E-state index in [9.17, 15) is 9.59 Å². The van der Waals surface area contributed by atoms with E-state index in [1.54, 1.807) is 37.5 Å². The van der Waals surface area contributed by atoms with E-state index in [0.29, 0.717) is 16.1 Å². The molecule has 2 N–H and O–H groups in total. The molecule has 4 aromatic rings. The van der Waals surface area contributed by atoms with Gasteiger partial charge in [-0.25, -0.2) is 0 Å². The zero-order valence-corrected chi connectivity index (χ0v) is 20.7. The largest absolute Gasteiger partial charge is 0.497 e. The predicted molar refractivity (Wildman–Crippen MR) is 142 cm³/mol. The smallest absolute Gasteiger partial charge is 0.265 e. The lowest BCUT2D eigenvalue weighted by Crippen LogP contribution is -2.43. The maximum Gasteiger partial charge on any atom is 0.265 e. The number of thiophene rings is 1.